The number of hydrogen-bond donors (Lipinski definition) is 2. The highest BCUT2D eigenvalue weighted by Crippen LogP contribution is 2.11. The Labute approximate surface area is 64.6 Å². The fourth-order valence-electron chi connectivity index (χ4n) is 0.865. The highest BCUT2D eigenvalue weighted by Gasteiger charge is 2.32. The predicted octanol–water partition coefficient (Wildman–Crippen LogP) is 0.365. The van der Waals surface area contributed by atoms with Gasteiger partial charge in [-0.25, -0.2) is 4.79 Å². The van der Waals surface area contributed by atoms with Gasteiger partial charge in [0.05, 0.1) is 0 Å². The van der Waals surface area contributed by atoms with E-state index in [1.807, 2.05) is 0 Å². The second-order valence-corrected chi connectivity index (χ2v) is 2.63. The molecule has 1 aliphatic rings. The van der Waals surface area contributed by atoms with Crippen molar-refractivity contribution in [2.75, 3.05) is 0 Å². The van der Waals surface area contributed by atoms with Gasteiger partial charge in [0.1, 0.15) is 0 Å². The average Bonchev–Trinajstić information content (AvgIpc) is 1.86. The number of hydrogen-bond acceptors (Lipinski definition) is 3. The Bertz CT molecular complexity index is 245. The zero-order valence-corrected chi connectivity index (χ0v) is 6.46. The summed E-state index contributed by atoms with van der Waals surface area (Å²) in [5.74, 6) is -0.971. The molecule has 0 aromatic rings. The van der Waals surface area contributed by atoms with Crippen LogP contribution < -0.4 is 5.32 Å². The van der Waals surface area contributed by atoms with Crippen LogP contribution in [-0.4, -0.2) is 23.0 Å². The van der Waals surface area contributed by atoms with Crippen LogP contribution in [-0.2, 0) is 4.79 Å². The lowest BCUT2D eigenvalue weighted by molar-refractivity contribution is -0.143. The molecule has 4 nitrogen and oxygen atoms in total. The van der Waals surface area contributed by atoms with E-state index in [0.29, 0.717) is 0 Å². The highest BCUT2D eigenvalue weighted by molar-refractivity contribution is 5.84. The summed E-state index contributed by atoms with van der Waals surface area (Å²) < 4.78 is 0. The molecule has 0 saturated carbocycles. The summed E-state index contributed by atoms with van der Waals surface area (Å²) >= 11 is 0. The van der Waals surface area contributed by atoms with Crippen molar-refractivity contribution in [3.63, 3.8) is 0 Å². The molecule has 0 spiro atoms. The maximum absolute atomic E-state index is 10.6. The van der Waals surface area contributed by atoms with Gasteiger partial charge < -0.3 is 10.4 Å². The molecule has 0 aliphatic carbocycles. The summed E-state index contributed by atoms with van der Waals surface area (Å²) in [6.07, 6.45) is 3.23. The molecule has 0 fully saturated rings. The Hall–Kier alpha value is -1.32. The number of nitrogens with zero attached hydrogens (tertiary/aromatic N) is 1. The molecular weight excluding hydrogens is 144 g/mol. The van der Waals surface area contributed by atoms with Crippen LogP contribution in [0.25, 0.3) is 0 Å². The summed E-state index contributed by atoms with van der Waals surface area (Å²) in [6.45, 7) is 3.31. The van der Waals surface area contributed by atoms with Crippen molar-refractivity contribution in [2.45, 2.75) is 19.5 Å². The van der Waals surface area contributed by atoms with Gasteiger partial charge in [-0.1, -0.05) is 0 Å². The fraction of sp³-hybridized carbons (Fsp3) is 0.429. The maximum atomic E-state index is 10.6. The molecule has 0 radical (unpaired) electrons. The van der Waals surface area contributed by atoms with Crippen LogP contribution in [0, 0.1) is 0 Å². The fourth-order valence-corrected chi connectivity index (χ4v) is 0.865. The molecule has 0 amide bonds. The standard InChI is InChI=1S/C7H10N2O2/c1-5-3-4-8-7(2,9-5)6(10)11/h3-4,9H,1-2H3,(H,10,11). The molecule has 1 unspecified atom stereocenters. The van der Waals surface area contributed by atoms with Crippen molar-refractivity contribution in [2.24, 2.45) is 4.99 Å². The molecule has 0 bridgehead atoms. The number of carboxylic acids is 1. The number of rotatable bonds is 1. The number of aliphatic imine (C=N–C) groups is 1. The minimum absolute atomic E-state index is 0.810. The van der Waals surface area contributed by atoms with Crippen LogP contribution >= 0.6 is 0 Å². The van der Waals surface area contributed by atoms with Gasteiger partial charge in [-0.05, 0) is 19.9 Å². The average molecular weight is 154 g/mol. The van der Waals surface area contributed by atoms with Crippen LogP contribution in [0.15, 0.2) is 16.8 Å². The highest BCUT2D eigenvalue weighted by atomic mass is 16.4. The molecule has 2 N–H and O–H groups in total. The number of allylic oxidation sites excluding steroid dienone is 2. The van der Waals surface area contributed by atoms with Gasteiger partial charge in [-0.15, -0.1) is 0 Å². The largest absolute Gasteiger partial charge is 0.478 e. The van der Waals surface area contributed by atoms with Gasteiger partial charge in [0.15, 0.2) is 0 Å². The molecular formula is C7H10N2O2. The predicted molar refractivity (Wildman–Crippen MR) is 41.4 cm³/mol. The Morgan fingerprint density at radius 2 is 2.45 bits per heavy atom. The Morgan fingerprint density at radius 1 is 1.82 bits per heavy atom. The minimum Gasteiger partial charge on any atom is -0.478 e. The SMILES string of the molecule is CC1=CC=NC(C)(C(=O)O)N1. The van der Waals surface area contributed by atoms with Crippen LogP contribution in [0.3, 0.4) is 0 Å². The van der Waals surface area contributed by atoms with E-state index < -0.39 is 11.6 Å². The smallest absolute Gasteiger partial charge is 0.352 e. The van der Waals surface area contributed by atoms with Crippen molar-refractivity contribution in [1.82, 2.24) is 5.32 Å². The lowest BCUT2D eigenvalue weighted by Gasteiger charge is -2.25. The molecule has 60 valence electrons. The van der Waals surface area contributed by atoms with Crippen LogP contribution in [0.5, 0.6) is 0 Å². The van der Waals surface area contributed by atoms with Gasteiger partial charge in [-0.3, -0.25) is 4.99 Å². The summed E-state index contributed by atoms with van der Waals surface area (Å²) in [4.78, 5) is 14.4. The second-order valence-electron chi connectivity index (χ2n) is 2.63. The first-order valence-corrected chi connectivity index (χ1v) is 3.28. The monoisotopic (exact) mass is 154 g/mol. The molecule has 0 aromatic heterocycles. The quantitative estimate of drug-likeness (QED) is 0.573. The maximum Gasteiger partial charge on any atom is 0.352 e. The Balaban J connectivity index is 2.86. The molecule has 0 saturated heterocycles. The van der Waals surface area contributed by atoms with Gasteiger partial charge in [0.25, 0.3) is 0 Å². The zero-order chi connectivity index (χ0) is 8.48. The third kappa shape index (κ3) is 1.39. The van der Waals surface area contributed by atoms with Crippen LogP contribution in [0.1, 0.15) is 13.8 Å². The number of nitrogens with one attached hydrogen (secondary N) is 1. The van der Waals surface area contributed by atoms with E-state index >= 15 is 0 Å². The number of carboxylic acid groups (broad SMARTS) is 1. The Morgan fingerprint density at radius 3 is 2.82 bits per heavy atom. The van der Waals surface area contributed by atoms with E-state index in [9.17, 15) is 4.79 Å². The second kappa shape index (κ2) is 2.38. The van der Waals surface area contributed by atoms with E-state index in [4.69, 9.17) is 5.11 Å². The topological polar surface area (TPSA) is 61.7 Å². The third-order valence-corrected chi connectivity index (χ3v) is 1.51. The van der Waals surface area contributed by atoms with Crippen molar-refractivity contribution in [3.8, 4) is 0 Å². The first-order chi connectivity index (χ1) is 5.04. The van der Waals surface area contributed by atoms with Crippen molar-refractivity contribution in [1.29, 1.82) is 0 Å². The summed E-state index contributed by atoms with van der Waals surface area (Å²) in [5.41, 5.74) is -0.372. The third-order valence-electron chi connectivity index (χ3n) is 1.51. The lowest BCUT2D eigenvalue weighted by atomic mass is 10.2. The summed E-state index contributed by atoms with van der Waals surface area (Å²) in [6, 6.07) is 0. The molecule has 4 heteroatoms. The first-order valence-electron chi connectivity index (χ1n) is 3.28. The van der Waals surface area contributed by atoms with Crippen molar-refractivity contribution >= 4 is 12.2 Å². The van der Waals surface area contributed by atoms with Crippen molar-refractivity contribution < 1.29 is 9.90 Å². The van der Waals surface area contributed by atoms with E-state index in [0.717, 1.165) is 5.70 Å². The van der Waals surface area contributed by atoms with Gasteiger partial charge in [0.2, 0.25) is 5.66 Å². The molecule has 1 aliphatic heterocycles. The molecule has 1 atom stereocenters. The minimum atomic E-state index is -1.18. The normalized spacial score (nSPS) is 29.1. The van der Waals surface area contributed by atoms with Crippen LogP contribution in [0.4, 0.5) is 0 Å². The molecule has 1 heterocycles. The van der Waals surface area contributed by atoms with E-state index in [-0.39, 0.29) is 0 Å². The molecule has 1 rings (SSSR count). The van der Waals surface area contributed by atoms with E-state index in [1.54, 1.807) is 13.0 Å². The van der Waals surface area contributed by atoms with E-state index in [2.05, 4.69) is 10.3 Å². The molecule has 0 aromatic carbocycles. The molecule has 11 heavy (non-hydrogen) atoms. The summed E-state index contributed by atoms with van der Waals surface area (Å²) in [5, 5.41) is 11.5. The number of carbonyl (C=O) groups is 1. The lowest BCUT2D eigenvalue weighted by Crippen LogP contribution is -2.48. The van der Waals surface area contributed by atoms with Crippen molar-refractivity contribution in [3.05, 3.63) is 11.8 Å². The first kappa shape index (κ1) is 7.78. The van der Waals surface area contributed by atoms with Gasteiger partial charge in [0, 0.05) is 11.9 Å². The Kier molecular flexibility index (Phi) is 1.68. The van der Waals surface area contributed by atoms with E-state index in [1.165, 1.54) is 13.1 Å². The summed E-state index contributed by atoms with van der Waals surface area (Å²) in [7, 11) is 0. The van der Waals surface area contributed by atoms with Gasteiger partial charge >= 0.3 is 5.97 Å². The zero-order valence-electron chi connectivity index (χ0n) is 6.46. The van der Waals surface area contributed by atoms with Crippen LogP contribution in [0.2, 0.25) is 0 Å². The van der Waals surface area contributed by atoms with Gasteiger partial charge in [-0.2, -0.15) is 0 Å². The number of aliphatic carboxylic acids is 1.